The molecule has 152 valence electrons. The predicted molar refractivity (Wildman–Crippen MR) is 120 cm³/mol. The summed E-state index contributed by atoms with van der Waals surface area (Å²) in [5, 5.41) is 1.27. The van der Waals surface area contributed by atoms with Crippen molar-refractivity contribution in [3.63, 3.8) is 0 Å². The van der Waals surface area contributed by atoms with Crippen molar-refractivity contribution in [3.8, 4) is 11.4 Å². The van der Waals surface area contributed by atoms with Gasteiger partial charge in [0.15, 0.2) is 0 Å². The van der Waals surface area contributed by atoms with Crippen molar-refractivity contribution < 1.29 is 4.74 Å². The summed E-state index contributed by atoms with van der Waals surface area (Å²) in [4.78, 5) is 15.1. The number of ether oxygens (including phenoxy) is 1. The minimum Gasteiger partial charge on any atom is -0.489 e. The van der Waals surface area contributed by atoms with Gasteiger partial charge in [-0.25, -0.2) is 0 Å². The standard InChI is InChI=1S/C25H25N3O2/c1-26-14-19(15-26)23-16-27(2)24-12-20(8-9-22(23)24)28-11-10-21(13-25(28)29)30-17-18-6-4-3-5-7-18/h3-13,16,19H,14-15,17H2,1-2H3. The third-order valence-electron chi connectivity index (χ3n) is 5.93. The lowest BCUT2D eigenvalue weighted by Crippen LogP contribution is -2.41. The lowest BCUT2D eigenvalue weighted by Gasteiger charge is -2.36. The van der Waals surface area contributed by atoms with E-state index in [1.54, 1.807) is 16.8 Å². The van der Waals surface area contributed by atoms with Crippen LogP contribution in [0.15, 0.2) is 77.9 Å². The van der Waals surface area contributed by atoms with Gasteiger partial charge in [0.1, 0.15) is 12.4 Å². The first kappa shape index (κ1) is 18.7. The molecule has 5 nitrogen and oxygen atoms in total. The van der Waals surface area contributed by atoms with E-state index in [1.165, 1.54) is 10.9 Å². The smallest absolute Gasteiger partial charge is 0.258 e. The Morgan fingerprint density at radius 3 is 2.53 bits per heavy atom. The third-order valence-corrected chi connectivity index (χ3v) is 5.93. The van der Waals surface area contributed by atoms with E-state index < -0.39 is 0 Å². The van der Waals surface area contributed by atoms with Crippen LogP contribution >= 0.6 is 0 Å². The maximum Gasteiger partial charge on any atom is 0.258 e. The molecule has 0 saturated carbocycles. The number of likely N-dealkylation sites (N-methyl/N-ethyl adjacent to an activating group) is 1. The number of pyridine rings is 1. The summed E-state index contributed by atoms with van der Waals surface area (Å²) in [5.41, 5.74) is 4.38. The maximum atomic E-state index is 12.7. The molecular formula is C25H25N3O2. The minimum absolute atomic E-state index is 0.102. The molecule has 1 saturated heterocycles. The Bertz CT molecular complexity index is 1250. The molecule has 0 N–H and O–H groups in total. The Morgan fingerprint density at radius 1 is 1.00 bits per heavy atom. The second kappa shape index (κ2) is 7.50. The number of likely N-dealkylation sites (tertiary alicyclic amines) is 1. The van der Waals surface area contributed by atoms with E-state index in [4.69, 9.17) is 4.74 Å². The second-order valence-electron chi connectivity index (χ2n) is 8.16. The lowest BCUT2D eigenvalue weighted by atomic mass is 9.92. The van der Waals surface area contributed by atoms with Gasteiger partial charge in [-0.3, -0.25) is 9.36 Å². The van der Waals surface area contributed by atoms with Crippen LogP contribution in [0.1, 0.15) is 17.0 Å². The van der Waals surface area contributed by atoms with E-state index in [9.17, 15) is 4.79 Å². The number of aryl methyl sites for hydroxylation is 1. The zero-order chi connectivity index (χ0) is 20.7. The van der Waals surface area contributed by atoms with Crippen molar-refractivity contribution in [2.45, 2.75) is 12.5 Å². The van der Waals surface area contributed by atoms with E-state index in [2.05, 4.69) is 41.9 Å². The summed E-state index contributed by atoms with van der Waals surface area (Å²) >= 11 is 0. The molecule has 0 spiro atoms. The third kappa shape index (κ3) is 3.42. The first-order valence-corrected chi connectivity index (χ1v) is 10.3. The Hall–Kier alpha value is -3.31. The first-order chi connectivity index (χ1) is 14.6. The molecule has 0 aliphatic carbocycles. The van der Waals surface area contributed by atoms with Crippen LogP contribution in [0.3, 0.4) is 0 Å². The molecule has 0 radical (unpaired) electrons. The largest absolute Gasteiger partial charge is 0.489 e. The van der Waals surface area contributed by atoms with Gasteiger partial charge in [-0.1, -0.05) is 36.4 Å². The number of rotatable bonds is 5. The zero-order valence-corrected chi connectivity index (χ0v) is 17.3. The van der Waals surface area contributed by atoms with Gasteiger partial charge in [-0.15, -0.1) is 0 Å². The Kier molecular flexibility index (Phi) is 4.68. The van der Waals surface area contributed by atoms with Gasteiger partial charge in [-0.2, -0.15) is 0 Å². The molecule has 5 rings (SSSR count). The van der Waals surface area contributed by atoms with Crippen molar-refractivity contribution in [3.05, 3.63) is 94.5 Å². The quantitative estimate of drug-likeness (QED) is 0.510. The molecule has 1 aliphatic heterocycles. The minimum atomic E-state index is -0.102. The number of aromatic nitrogens is 2. The van der Waals surface area contributed by atoms with Crippen LogP contribution in [0.25, 0.3) is 16.6 Å². The Labute approximate surface area is 175 Å². The van der Waals surface area contributed by atoms with E-state index in [1.807, 2.05) is 42.5 Å². The van der Waals surface area contributed by atoms with Crippen molar-refractivity contribution in [1.29, 1.82) is 0 Å². The van der Waals surface area contributed by atoms with Crippen molar-refractivity contribution >= 4 is 10.9 Å². The Morgan fingerprint density at radius 2 is 1.80 bits per heavy atom. The van der Waals surface area contributed by atoms with Gasteiger partial charge in [0.05, 0.1) is 11.2 Å². The summed E-state index contributed by atoms with van der Waals surface area (Å²) in [6, 6.07) is 19.6. The monoisotopic (exact) mass is 399 g/mol. The van der Waals surface area contributed by atoms with Gasteiger partial charge >= 0.3 is 0 Å². The molecule has 0 amide bonds. The van der Waals surface area contributed by atoms with Crippen molar-refractivity contribution in [2.24, 2.45) is 7.05 Å². The van der Waals surface area contributed by atoms with E-state index in [0.717, 1.165) is 29.9 Å². The van der Waals surface area contributed by atoms with Crippen LogP contribution in [-0.2, 0) is 13.7 Å². The topological polar surface area (TPSA) is 39.4 Å². The summed E-state index contributed by atoms with van der Waals surface area (Å²) < 4.78 is 9.62. The molecule has 0 atom stereocenters. The zero-order valence-electron chi connectivity index (χ0n) is 17.3. The number of hydrogen-bond donors (Lipinski definition) is 0. The van der Waals surface area contributed by atoms with Crippen LogP contribution in [0.2, 0.25) is 0 Å². The molecule has 4 aromatic rings. The summed E-state index contributed by atoms with van der Waals surface area (Å²) in [5.74, 6) is 1.17. The highest BCUT2D eigenvalue weighted by Gasteiger charge is 2.27. The maximum absolute atomic E-state index is 12.7. The molecule has 1 aliphatic rings. The Balaban J connectivity index is 1.41. The molecule has 0 unspecified atom stereocenters. The number of nitrogens with zero attached hydrogens (tertiary/aromatic N) is 3. The van der Waals surface area contributed by atoms with Gasteiger partial charge in [0.2, 0.25) is 0 Å². The number of hydrogen-bond acceptors (Lipinski definition) is 3. The predicted octanol–water partition coefficient (Wildman–Crippen LogP) is 3.94. The van der Waals surface area contributed by atoms with Crippen molar-refractivity contribution in [1.82, 2.24) is 14.0 Å². The summed E-state index contributed by atoms with van der Waals surface area (Å²) in [6.45, 7) is 2.65. The first-order valence-electron chi connectivity index (χ1n) is 10.3. The molecular weight excluding hydrogens is 374 g/mol. The molecule has 0 bridgehead atoms. The fourth-order valence-electron chi connectivity index (χ4n) is 4.28. The summed E-state index contributed by atoms with van der Waals surface area (Å²) in [7, 11) is 4.22. The van der Waals surface area contributed by atoms with Crippen LogP contribution < -0.4 is 10.3 Å². The van der Waals surface area contributed by atoms with Gasteiger partial charge < -0.3 is 14.2 Å². The molecule has 2 aromatic carbocycles. The molecule has 3 heterocycles. The van der Waals surface area contributed by atoms with Crippen LogP contribution in [-0.4, -0.2) is 34.2 Å². The van der Waals surface area contributed by atoms with Crippen molar-refractivity contribution in [2.75, 3.05) is 20.1 Å². The normalized spacial score (nSPS) is 14.7. The highest BCUT2D eigenvalue weighted by atomic mass is 16.5. The fraction of sp³-hybridized carbons (Fsp3) is 0.240. The highest BCUT2D eigenvalue weighted by molar-refractivity contribution is 5.86. The highest BCUT2D eigenvalue weighted by Crippen LogP contribution is 2.33. The number of benzene rings is 2. The summed E-state index contributed by atoms with van der Waals surface area (Å²) in [6.07, 6.45) is 4.02. The average molecular weight is 399 g/mol. The molecule has 5 heteroatoms. The van der Waals surface area contributed by atoms with Gasteiger partial charge in [-0.05, 0) is 36.4 Å². The molecule has 2 aromatic heterocycles. The fourth-order valence-corrected chi connectivity index (χ4v) is 4.28. The SMILES string of the molecule is CN1CC(c2cn(C)c3cc(-n4ccc(OCc5ccccc5)cc4=O)ccc23)C1. The molecule has 1 fully saturated rings. The van der Waals surface area contributed by atoms with E-state index in [-0.39, 0.29) is 5.56 Å². The van der Waals surface area contributed by atoms with Crippen LogP contribution in [0, 0.1) is 0 Å². The van der Waals surface area contributed by atoms with Crippen LogP contribution in [0.4, 0.5) is 0 Å². The average Bonchev–Trinajstić information content (AvgIpc) is 3.06. The van der Waals surface area contributed by atoms with E-state index in [0.29, 0.717) is 18.3 Å². The van der Waals surface area contributed by atoms with E-state index >= 15 is 0 Å². The van der Waals surface area contributed by atoms with Crippen LogP contribution in [0.5, 0.6) is 5.75 Å². The second-order valence-corrected chi connectivity index (χ2v) is 8.16. The van der Waals surface area contributed by atoms with Gasteiger partial charge in [0.25, 0.3) is 5.56 Å². The molecule has 30 heavy (non-hydrogen) atoms. The number of fused-ring (bicyclic) bond motifs is 1. The lowest BCUT2D eigenvalue weighted by molar-refractivity contribution is 0.190. The van der Waals surface area contributed by atoms with Gasteiger partial charge in [0, 0.05) is 49.9 Å².